The van der Waals surface area contributed by atoms with Crippen LogP contribution in [0.3, 0.4) is 0 Å². The normalized spacial score (nSPS) is 12.3. The maximum absolute atomic E-state index is 13.6. The molecule has 3 rings (SSSR count). The van der Waals surface area contributed by atoms with Crippen molar-refractivity contribution < 1.29 is 37.7 Å². The third-order valence-corrected chi connectivity index (χ3v) is 13.0. The number of benzene rings is 2. The van der Waals surface area contributed by atoms with Gasteiger partial charge in [0.15, 0.2) is 25.6 Å². The van der Waals surface area contributed by atoms with Gasteiger partial charge in [-0.25, -0.2) is 4.98 Å². The van der Waals surface area contributed by atoms with E-state index >= 15 is 0 Å². The second-order valence-electron chi connectivity index (χ2n) is 12.1. The summed E-state index contributed by atoms with van der Waals surface area (Å²) in [6.07, 6.45) is 0.275. The van der Waals surface area contributed by atoms with Crippen molar-refractivity contribution in [3.05, 3.63) is 76.0 Å². The summed E-state index contributed by atoms with van der Waals surface area (Å²) in [5.41, 5.74) is 1.53. The molecular formula is C34H45BrN2O8Si. The molecule has 10 nitrogen and oxygen atoms in total. The van der Waals surface area contributed by atoms with Crippen LogP contribution in [0.5, 0.6) is 23.0 Å². The van der Waals surface area contributed by atoms with Crippen LogP contribution in [-0.2, 0) is 15.8 Å². The molecule has 0 spiro atoms. The highest BCUT2D eigenvalue weighted by Gasteiger charge is 2.37. The molecule has 1 N–H and O–H groups in total. The molecule has 0 aliphatic rings. The minimum Gasteiger partial charge on any atom is -0.497 e. The number of Topliss-reactive ketones (excluding diaryl/α,β-unsaturated/α-hetero) is 1. The summed E-state index contributed by atoms with van der Waals surface area (Å²) in [5.74, 6) is 1.36. The van der Waals surface area contributed by atoms with Gasteiger partial charge in [-0.15, -0.1) is 0 Å². The summed E-state index contributed by atoms with van der Waals surface area (Å²) in [5, 5.41) is 2.90. The van der Waals surface area contributed by atoms with Gasteiger partial charge in [-0.3, -0.25) is 9.59 Å². The van der Waals surface area contributed by atoms with E-state index in [1.165, 1.54) is 14.2 Å². The number of carbonyl (C=O) groups is 2. The lowest BCUT2D eigenvalue weighted by molar-refractivity contribution is 0.0837. The molecule has 1 atom stereocenters. The summed E-state index contributed by atoms with van der Waals surface area (Å²) in [6, 6.07) is 14.9. The predicted octanol–water partition coefficient (Wildman–Crippen LogP) is 6.86. The Morgan fingerprint density at radius 2 is 1.54 bits per heavy atom. The van der Waals surface area contributed by atoms with Gasteiger partial charge in [0.2, 0.25) is 5.78 Å². The Hall–Kier alpha value is -3.45. The molecule has 0 aliphatic carbocycles. The van der Waals surface area contributed by atoms with Crippen molar-refractivity contribution in [2.75, 3.05) is 41.2 Å². The van der Waals surface area contributed by atoms with Crippen LogP contribution in [-0.4, -0.2) is 72.2 Å². The lowest BCUT2D eigenvalue weighted by atomic mass is 10.0. The maximum Gasteiger partial charge on any atom is 0.252 e. The number of carbonyl (C=O) groups excluding carboxylic acids is 2. The van der Waals surface area contributed by atoms with Crippen molar-refractivity contribution in [2.24, 2.45) is 0 Å². The molecular weight excluding hydrogens is 672 g/mol. The molecule has 3 aromatic rings. The second kappa shape index (κ2) is 16.9. The summed E-state index contributed by atoms with van der Waals surface area (Å²) >= 11 is 3.34. The first kappa shape index (κ1) is 37.0. The van der Waals surface area contributed by atoms with Crippen LogP contribution in [0.25, 0.3) is 0 Å². The Kier molecular flexibility index (Phi) is 13.6. The van der Waals surface area contributed by atoms with Crippen LogP contribution in [0.2, 0.25) is 18.1 Å². The first-order valence-electron chi connectivity index (χ1n) is 15.0. The number of nitrogens with one attached hydrogen (secondary N) is 1. The van der Waals surface area contributed by atoms with Gasteiger partial charge in [0.05, 0.1) is 40.6 Å². The van der Waals surface area contributed by atoms with E-state index in [0.29, 0.717) is 47.2 Å². The highest BCUT2D eigenvalue weighted by molar-refractivity contribution is 9.10. The van der Waals surface area contributed by atoms with E-state index in [-0.39, 0.29) is 29.5 Å². The Morgan fingerprint density at radius 3 is 2.15 bits per heavy atom. The van der Waals surface area contributed by atoms with Gasteiger partial charge in [-0.05, 0) is 88.5 Å². The number of amides is 1. The summed E-state index contributed by atoms with van der Waals surface area (Å²) in [6.45, 7) is 12.1. The van der Waals surface area contributed by atoms with E-state index in [1.807, 2.05) is 24.3 Å². The topological polar surface area (TPSA) is 114 Å². The van der Waals surface area contributed by atoms with E-state index in [2.05, 4.69) is 60.1 Å². The maximum atomic E-state index is 13.6. The minimum absolute atomic E-state index is 0.00118. The number of hydrogen-bond acceptors (Lipinski definition) is 9. The number of ether oxygens (including phenoxy) is 5. The molecule has 0 saturated carbocycles. The Morgan fingerprint density at radius 1 is 0.870 bits per heavy atom. The van der Waals surface area contributed by atoms with Crippen molar-refractivity contribution in [1.29, 1.82) is 0 Å². The molecule has 2 aromatic carbocycles. The Balaban J connectivity index is 1.67. The third-order valence-electron chi connectivity index (χ3n) is 7.92. The molecule has 0 fully saturated rings. The quantitative estimate of drug-likeness (QED) is 0.0693. The third kappa shape index (κ3) is 10.3. The lowest BCUT2D eigenvalue weighted by Gasteiger charge is -2.36. The number of pyridine rings is 1. The number of methoxy groups -OCH3 is 3. The van der Waals surface area contributed by atoms with Gasteiger partial charge in [-0.2, -0.15) is 0 Å². The number of halogens is 1. The van der Waals surface area contributed by atoms with Gasteiger partial charge < -0.3 is 33.4 Å². The van der Waals surface area contributed by atoms with E-state index in [0.717, 1.165) is 11.3 Å². The second-order valence-corrected chi connectivity index (χ2v) is 17.7. The van der Waals surface area contributed by atoms with Crippen molar-refractivity contribution in [3.8, 4) is 23.0 Å². The van der Waals surface area contributed by atoms with Gasteiger partial charge >= 0.3 is 0 Å². The van der Waals surface area contributed by atoms with E-state index < -0.39 is 20.3 Å². The zero-order valence-corrected chi connectivity index (χ0v) is 30.5. The number of rotatable bonds is 17. The molecule has 0 saturated heterocycles. The average Bonchev–Trinajstić information content (AvgIpc) is 3.03. The standard InChI is InChI=1S/C34H45BrN2O8Si/c1-34(2,3)46(7,8)45-18-17-27(31(38)26-14-16-29(41-5)32(35)36-26)37-33(39)24-11-15-28(30(21-24)42-6)44-20-19-43-22-23-9-12-25(40-4)13-10-23/h9-16,21,27H,17-20,22H2,1-8H3,(H,37,39). The fourth-order valence-corrected chi connectivity index (χ4v) is 5.64. The van der Waals surface area contributed by atoms with E-state index in [1.54, 1.807) is 37.4 Å². The molecule has 1 unspecified atom stereocenters. The monoisotopic (exact) mass is 716 g/mol. The molecule has 250 valence electrons. The number of aromatic nitrogens is 1. The number of ketones is 1. The van der Waals surface area contributed by atoms with Crippen LogP contribution < -0.4 is 24.3 Å². The van der Waals surface area contributed by atoms with Crippen molar-refractivity contribution in [2.45, 2.75) is 58.0 Å². The van der Waals surface area contributed by atoms with Crippen LogP contribution in [0.15, 0.2) is 59.2 Å². The minimum atomic E-state index is -2.07. The van der Waals surface area contributed by atoms with Crippen LogP contribution in [0.1, 0.15) is 53.6 Å². The number of nitrogens with zero attached hydrogens (tertiary/aromatic N) is 1. The van der Waals surface area contributed by atoms with Crippen molar-refractivity contribution in [3.63, 3.8) is 0 Å². The van der Waals surface area contributed by atoms with Crippen molar-refractivity contribution >= 4 is 35.9 Å². The smallest absolute Gasteiger partial charge is 0.252 e. The SMILES string of the molecule is COc1ccc(COCCOc2ccc(C(=O)NC(CCO[Si](C)(C)C(C)(C)C)C(=O)c3ccc(OC)c(Br)n3)cc2OC)cc1. The van der Waals surface area contributed by atoms with Gasteiger partial charge in [0, 0.05) is 12.2 Å². The highest BCUT2D eigenvalue weighted by atomic mass is 79.9. The molecule has 1 amide bonds. The van der Waals surface area contributed by atoms with Crippen molar-refractivity contribution in [1.82, 2.24) is 10.3 Å². The first-order chi connectivity index (χ1) is 21.8. The summed E-state index contributed by atoms with van der Waals surface area (Å²) in [7, 11) is 2.57. The van der Waals surface area contributed by atoms with Gasteiger partial charge in [0.25, 0.3) is 5.91 Å². The number of hydrogen-bond donors (Lipinski definition) is 1. The van der Waals surface area contributed by atoms with E-state index in [9.17, 15) is 9.59 Å². The predicted molar refractivity (Wildman–Crippen MR) is 183 cm³/mol. The molecule has 46 heavy (non-hydrogen) atoms. The van der Waals surface area contributed by atoms with Crippen LogP contribution in [0.4, 0.5) is 0 Å². The van der Waals surface area contributed by atoms with Gasteiger partial charge in [0.1, 0.15) is 22.7 Å². The Bertz CT molecular complexity index is 1460. The zero-order chi connectivity index (χ0) is 33.9. The summed E-state index contributed by atoms with van der Waals surface area (Å²) in [4.78, 5) is 31.5. The lowest BCUT2D eigenvalue weighted by Crippen LogP contribution is -2.45. The first-order valence-corrected chi connectivity index (χ1v) is 18.7. The largest absolute Gasteiger partial charge is 0.497 e. The van der Waals surface area contributed by atoms with Crippen LogP contribution >= 0.6 is 15.9 Å². The fourth-order valence-electron chi connectivity index (χ4n) is 4.10. The fraction of sp³-hybridized carbons (Fsp3) is 0.441. The molecule has 0 bridgehead atoms. The molecule has 12 heteroatoms. The molecule has 0 radical (unpaired) electrons. The molecule has 1 heterocycles. The molecule has 0 aliphatic heterocycles. The van der Waals surface area contributed by atoms with E-state index in [4.69, 9.17) is 28.1 Å². The Labute approximate surface area is 281 Å². The average molecular weight is 718 g/mol. The van der Waals surface area contributed by atoms with Crippen LogP contribution in [0, 0.1) is 0 Å². The summed E-state index contributed by atoms with van der Waals surface area (Å²) < 4.78 is 34.3. The highest BCUT2D eigenvalue weighted by Crippen LogP contribution is 2.36. The molecule has 1 aromatic heterocycles. The zero-order valence-electron chi connectivity index (χ0n) is 27.9. The van der Waals surface area contributed by atoms with Gasteiger partial charge in [-0.1, -0.05) is 32.9 Å².